The lowest BCUT2D eigenvalue weighted by atomic mass is 10.3. The van der Waals surface area contributed by atoms with Crippen LogP contribution in [0.1, 0.15) is 0 Å². The maximum atomic E-state index is 11.6. The van der Waals surface area contributed by atoms with Crippen LogP contribution in [0.4, 0.5) is 11.4 Å². The predicted octanol–water partition coefficient (Wildman–Crippen LogP) is 1.76. The van der Waals surface area contributed by atoms with Crippen LogP contribution in [0, 0.1) is 10.1 Å². The number of pyridine rings is 1. The van der Waals surface area contributed by atoms with Crippen molar-refractivity contribution < 1.29 is 9.60 Å². The molecule has 2 rings (SSSR count). The molecule has 0 bridgehead atoms. The molecule has 5 heteroatoms. The Kier molecular flexibility index (Phi) is 2.77. The normalized spacial score (nSPS) is 9.75. The summed E-state index contributed by atoms with van der Waals surface area (Å²) in [5.41, 5.74) is 3.71. The van der Waals surface area contributed by atoms with Crippen LogP contribution < -0.4 is 10.2 Å². The lowest BCUT2D eigenvalue weighted by molar-refractivity contribution is -0.606. The van der Waals surface area contributed by atoms with Gasteiger partial charge in [-0.05, 0) is 12.1 Å². The van der Waals surface area contributed by atoms with E-state index in [1.165, 1.54) is 24.5 Å². The second kappa shape index (κ2) is 4.39. The maximum Gasteiger partial charge on any atom is 0.304 e. The quantitative estimate of drug-likeness (QED) is 0.483. The molecule has 0 amide bonds. The molecule has 0 aliphatic heterocycles. The van der Waals surface area contributed by atoms with E-state index in [9.17, 15) is 10.1 Å². The summed E-state index contributed by atoms with van der Waals surface area (Å²) in [4.78, 5) is 12.2. The Morgan fingerprint density at radius 2 is 1.69 bits per heavy atom. The number of aromatic nitrogens is 1. The van der Waals surface area contributed by atoms with Gasteiger partial charge in [0.15, 0.2) is 17.3 Å². The molecule has 0 atom stereocenters. The van der Waals surface area contributed by atoms with Crippen molar-refractivity contribution >= 4 is 11.4 Å². The van der Waals surface area contributed by atoms with Gasteiger partial charge in [0, 0.05) is 0 Å². The van der Waals surface area contributed by atoms with Crippen molar-refractivity contribution in [2.75, 3.05) is 5.43 Å². The number of nitrogens with one attached hydrogen (secondary N) is 1. The number of nitroso groups, excluding NO2 is 1. The molecular formula is C11H10N3O2+. The number of rotatable bonds is 3. The van der Waals surface area contributed by atoms with Crippen LogP contribution in [0.15, 0.2) is 54.9 Å². The average Bonchev–Trinajstić information content (AvgIpc) is 2.31. The Labute approximate surface area is 92.1 Å². The molecule has 1 aromatic carbocycles. The summed E-state index contributed by atoms with van der Waals surface area (Å²) in [6, 6.07) is 12.0. The van der Waals surface area contributed by atoms with Gasteiger partial charge in [-0.1, -0.05) is 18.2 Å². The summed E-state index contributed by atoms with van der Waals surface area (Å²) < 4.78 is 0.625. The van der Waals surface area contributed by atoms with Crippen molar-refractivity contribution in [2.24, 2.45) is 0 Å². The second-order valence-corrected chi connectivity index (χ2v) is 3.19. The van der Waals surface area contributed by atoms with E-state index in [4.69, 9.17) is 0 Å². The molecule has 80 valence electrons. The zero-order valence-electron chi connectivity index (χ0n) is 8.41. The van der Waals surface area contributed by atoms with Gasteiger partial charge in [0.25, 0.3) is 0 Å². The fourth-order valence-corrected chi connectivity index (χ4v) is 1.23. The summed E-state index contributed by atoms with van der Waals surface area (Å²) in [6.45, 7) is 0. The van der Waals surface area contributed by atoms with Crippen LogP contribution in [-0.4, -0.2) is 4.87 Å². The zero-order valence-corrected chi connectivity index (χ0v) is 8.41. The molecule has 0 aliphatic rings. The number of hydrogen-bond acceptors (Lipinski definition) is 2. The second-order valence-electron chi connectivity index (χ2n) is 3.19. The first kappa shape index (κ1) is 10.1. The summed E-state index contributed by atoms with van der Waals surface area (Å²) >= 11 is 0. The molecule has 16 heavy (non-hydrogen) atoms. The van der Waals surface area contributed by atoms with E-state index >= 15 is 0 Å². The molecule has 0 unspecified atom stereocenters. The van der Waals surface area contributed by atoms with Crippen molar-refractivity contribution in [3.63, 3.8) is 0 Å². The molecule has 0 saturated heterocycles. The molecule has 0 fully saturated rings. The van der Waals surface area contributed by atoms with Gasteiger partial charge in [0.05, 0.1) is 17.0 Å². The third-order valence-electron chi connectivity index (χ3n) is 2.02. The van der Waals surface area contributed by atoms with E-state index in [1.54, 1.807) is 12.1 Å². The number of anilines is 1. The molecule has 0 aliphatic carbocycles. The molecule has 0 radical (unpaired) electrons. The van der Waals surface area contributed by atoms with Crippen LogP contribution in [0.5, 0.6) is 0 Å². The predicted molar refractivity (Wildman–Crippen MR) is 58.8 cm³/mol. The molecular weight excluding hydrogens is 206 g/mol. The minimum absolute atomic E-state index is 0.371. The van der Waals surface area contributed by atoms with Crippen molar-refractivity contribution in [3.8, 4) is 0 Å². The monoisotopic (exact) mass is 216 g/mol. The topological polar surface area (TPSA) is 59.0 Å². The Balaban J connectivity index is 2.12. The van der Waals surface area contributed by atoms with Crippen molar-refractivity contribution in [1.82, 2.24) is 0 Å². The van der Waals surface area contributed by atoms with Gasteiger partial charge in [-0.15, -0.1) is 5.43 Å². The van der Waals surface area contributed by atoms with Crippen LogP contribution in [-0.2, 0) is 0 Å². The first-order valence-electron chi connectivity index (χ1n) is 4.73. The minimum Gasteiger partial charge on any atom is -0.619 e. The Bertz CT molecular complexity index is 482. The van der Waals surface area contributed by atoms with Crippen molar-refractivity contribution in [2.45, 2.75) is 0 Å². The highest BCUT2D eigenvalue weighted by Gasteiger charge is 2.14. The summed E-state index contributed by atoms with van der Waals surface area (Å²) in [5.74, 6) is 0. The lowest BCUT2D eigenvalue weighted by Gasteiger charge is -1.96. The van der Waals surface area contributed by atoms with E-state index in [2.05, 4.69) is 5.43 Å². The summed E-state index contributed by atoms with van der Waals surface area (Å²) in [6.07, 6.45) is 2.54. The van der Waals surface area contributed by atoms with Gasteiger partial charge in [0.2, 0.25) is 0 Å². The lowest BCUT2D eigenvalue weighted by Crippen LogP contribution is -2.24. The number of hydrogen-bond donors (Lipinski definition) is 1. The standard InChI is InChI=1S/C11H10N3O2/c15-13-8-6-11(7-9-13)14(16)12-10-4-2-1-3-5-10/h1-9H,(H,12,16)/q+1. The fraction of sp³-hybridized carbons (Fsp3) is 0. The van der Waals surface area contributed by atoms with Gasteiger partial charge in [-0.2, -0.15) is 4.73 Å². The van der Waals surface area contributed by atoms with Crippen molar-refractivity contribution in [1.29, 1.82) is 0 Å². The molecule has 1 aromatic heterocycles. The van der Waals surface area contributed by atoms with E-state index in [0.717, 1.165) is 0 Å². The molecule has 1 N–H and O–H groups in total. The first-order chi connectivity index (χ1) is 7.75. The van der Waals surface area contributed by atoms with Crippen LogP contribution in [0.3, 0.4) is 0 Å². The number of para-hydroxylation sites is 1. The largest absolute Gasteiger partial charge is 0.619 e. The van der Waals surface area contributed by atoms with E-state index in [1.807, 2.05) is 18.2 Å². The number of nitrogens with zero attached hydrogens (tertiary/aromatic N) is 2. The Morgan fingerprint density at radius 3 is 2.31 bits per heavy atom. The summed E-state index contributed by atoms with van der Waals surface area (Å²) in [7, 11) is 0. The summed E-state index contributed by atoms with van der Waals surface area (Å²) in [5, 5.41) is 10.8. The van der Waals surface area contributed by atoms with E-state index in [-0.39, 0.29) is 0 Å². The first-order valence-corrected chi connectivity index (χ1v) is 4.73. The highest BCUT2D eigenvalue weighted by Crippen LogP contribution is 2.11. The van der Waals surface area contributed by atoms with Gasteiger partial charge >= 0.3 is 5.69 Å². The molecule has 2 aromatic rings. The van der Waals surface area contributed by atoms with Crippen LogP contribution >= 0.6 is 0 Å². The SMILES string of the molecule is O=[N+](Nc1ccccc1)c1cc[n+]([O-])cc1. The third kappa shape index (κ3) is 2.33. The van der Waals surface area contributed by atoms with E-state index < -0.39 is 0 Å². The minimum atomic E-state index is 0.371. The maximum absolute atomic E-state index is 11.6. The Morgan fingerprint density at radius 1 is 1.06 bits per heavy atom. The molecule has 1 heterocycles. The molecule has 0 saturated carbocycles. The smallest absolute Gasteiger partial charge is 0.304 e. The van der Waals surface area contributed by atoms with Crippen molar-refractivity contribution in [3.05, 3.63) is 65.0 Å². The highest BCUT2D eigenvalue weighted by molar-refractivity contribution is 5.40. The fourth-order valence-electron chi connectivity index (χ4n) is 1.23. The zero-order chi connectivity index (χ0) is 11.4. The van der Waals surface area contributed by atoms with Gasteiger partial charge in [0.1, 0.15) is 5.69 Å². The third-order valence-corrected chi connectivity index (χ3v) is 2.02. The van der Waals surface area contributed by atoms with E-state index in [0.29, 0.717) is 21.0 Å². The van der Waals surface area contributed by atoms with Crippen LogP contribution in [0.2, 0.25) is 0 Å². The molecule has 0 spiro atoms. The number of hydrazine groups is 1. The average molecular weight is 216 g/mol. The van der Waals surface area contributed by atoms with Gasteiger partial charge in [-0.3, -0.25) is 0 Å². The van der Waals surface area contributed by atoms with Gasteiger partial charge < -0.3 is 5.21 Å². The highest BCUT2D eigenvalue weighted by atomic mass is 16.5. The molecule has 5 nitrogen and oxygen atoms in total. The van der Waals surface area contributed by atoms with Crippen LogP contribution in [0.25, 0.3) is 0 Å². The van der Waals surface area contributed by atoms with Gasteiger partial charge in [-0.25, -0.2) is 0 Å². The number of benzene rings is 1. The Hall–Kier alpha value is -2.43.